The molecule has 4 rings (SSSR count). The molecule has 2 saturated heterocycles. The summed E-state index contributed by atoms with van der Waals surface area (Å²) in [5, 5.41) is 21.7. The SMILES string of the molecule is CC1CN[C@@H]2CCN(c3ccc(-c4c(O)cccc4C(F)(F)F)nn3)[C@H]2C1. The van der Waals surface area contributed by atoms with E-state index in [4.69, 9.17) is 0 Å². The maximum absolute atomic E-state index is 13.3. The molecule has 2 aromatic rings. The highest BCUT2D eigenvalue weighted by molar-refractivity contribution is 5.71. The molecule has 3 atom stereocenters. The molecule has 1 aromatic heterocycles. The van der Waals surface area contributed by atoms with E-state index >= 15 is 0 Å². The number of hydrogen-bond acceptors (Lipinski definition) is 5. The number of piperidine rings is 1. The second-order valence-electron chi connectivity index (χ2n) is 7.38. The number of rotatable bonds is 2. The third-order valence-electron chi connectivity index (χ3n) is 5.47. The molecule has 2 aliphatic heterocycles. The fraction of sp³-hybridized carbons (Fsp3) is 0.474. The normalized spacial score (nSPS) is 25.5. The molecule has 1 aromatic carbocycles. The quantitative estimate of drug-likeness (QED) is 0.838. The van der Waals surface area contributed by atoms with Gasteiger partial charge in [0.05, 0.1) is 16.8 Å². The molecule has 2 N–H and O–H groups in total. The van der Waals surface area contributed by atoms with Crippen molar-refractivity contribution in [1.29, 1.82) is 0 Å². The zero-order valence-electron chi connectivity index (χ0n) is 14.9. The summed E-state index contributed by atoms with van der Waals surface area (Å²) in [6, 6.07) is 7.26. The number of phenolic OH excluding ortho intramolecular Hbond substituents is 1. The molecule has 0 radical (unpaired) electrons. The second-order valence-corrected chi connectivity index (χ2v) is 7.38. The first-order valence-electron chi connectivity index (χ1n) is 9.08. The van der Waals surface area contributed by atoms with E-state index < -0.39 is 17.5 Å². The van der Waals surface area contributed by atoms with Crippen LogP contribution in [0, 0.1) is 5.92 Å². The van der Waals surface area contributed by atoms with Gasteiger partial charge in [-0.25, -0.2) is 0 Å². The highest BCUT2D eigenvalue weighted by atomic mass is 19.4. The summed E-state index contributed by atoms with van der Waals surface area (Å²) < 4.78 is 39.9. The Balaban J connectivity index is 1.64. The van der Waals surface area contributed by atoms with Gasteiger partial charge in [-0.1, -0.05) is 13.0 Å². The topological polar surface area (TPSA) is 61.3 Å². The standard InChI is InChI=1S/C19H21F3N4O/c1-11-9-15-13(23-10-11)7-8-26(15)17-6-5-14(24-25-17)18-12(19(20,21)22)3-2-4-16(18)27/h2-6,11,13,15,23,27H,7-10H2,1H3/t11?,13-,15+/m1/s1. The predicted octanol–water partition coefficient (Wildman–Crippen LogP) is 3.44. The van der Waals surface area contributed by atoms with Crippen molar-refractivity contribution in [2.45, 2.75) is 38.0 Å². The van der Waals surface area contributed by atoms with E-state index in [0.717, 1.165) is 32.0 Å². The summed E-state index contributed by atoms with van der Waals surface area (Å²) in [5.41, 5.74) is -1.25. The number of halogens is 3. The minimum absolute atomic E-state index is 0.00931. The first kappa shape index (κ1) is 18.0. The molecule has 8 heteroatoms. The van der Waals surface area contributed by atoms with Crippen molar-refractivity contribution in [1.82, 2.24) is 15.5 Å². The molecular formula is C19H21F3N4O. The third-order valence-corrected chi connectivity index (χ3v) is 5.47. The highest BCUT2D eigenvalue weighted by Gasteiger charge is 2.39. The van der Waals surface area contributed by atoms with Crippen LogP contribution in [0.5, 0.6) is 5.75 Å². The van der Waals surface area contributed by atoms with E-state index in [0.29, 0.717) is 23.8 Å². The van der Waals surface area contributed by atoms with Crippen LogP contribution in [0.4, 0.5) is 19.0 Å². The number of anilines is 1. The summed E-state index contributed by atoms with van der Waals surface area (Å²) >= 11 is 0. The number of hydrogen-bond donors (Lipinski definition) is 2. The van der Waals surface area contributed by atoms with Crippen LogP contribution in [-0.2, 0) is 6.18 Å². The molecule has 1 unspecified atom stereocenters. The number of nitrogens with zero attached hydrogens (tertiary/aromatic N) is 3. The van der Waals surface area contributed by atoms with Crippen LogP contribution in [0.15, 0.2) is 30.3 Å². The predicted molar refractivity (Wildman–Crippen MR) is 95.5 cm³/mol. The van der Waals surface area contributed by atoms with Gasteiger partial charge in [-0.05, 0) is 49.6 Å². The molecule has 0 saturated carbocycles. The van der Waals surface area contributed by atoms with Crippen molar-refractivity contribution in [2.24, 2.45) is 5.92 Å². The maximum atomic E-state index is 13.3. The van der Waals surface area contributed by atoms with Crippen LogP contribution >= 0.6 is 0 Å². The summed E-state index contributed by atoms with van der Waals surface area (Å²) in [4.78, 5) is 2.18. The van der Waals surface area contributed by atoms with Gasteiger partial charge in [0, 0.05) is 18.6 Å². The van der Waals surface area contributed by atoms with E-state index in [1.165, 1.54) is 18.2 Å². The average molecular weight is 378 g/mol. The minimum Gasteiger partial charge on any atom is -0.507 e. The third kappa shape index (κ3) is 3.34. The molecule has 5 nitrogen and oxygen atoms in total. The van der Waals surface area contributed by atoms with E-state index in [1.54, 1.807) is 6.07 Å². The monoisotopic (exact) mass is 378 g/mol. The molecule has 2 fully saturated rings. The average Bonchev–Trinajstić information content (AvgIpc) is 3.04. The van der Waals surface area contributed by atoms with Crippen molar-refractivity contribution >= 4 is 5.82 Å². The first-order chi connectivity index (χ1) is 12.8. The van der Waals surface area contributed by atoms with E-state index in [-0.39, 0.29) is 11.3 Å². The Morgan fingerprint density at radius 3 is 2.70 bits per heavy atom. The Morgan fingerprint density at radius 2 is 2.00 bits per heavy atom. The van der Waals surface area contributed by atoms with Gasteiger partial charge < -0.3 is 15.3 Å². The van der Waals surface area contributed by atoms with Gasteiger partial charge in [0.25, 0.3) is 0 Å². The number of alkyl halides is 3. The Hall–Kier alpha value is -2.35. The Labute approximate surface area is 155 Å². The molecule has 0 aliphatic carbocycles. The number of benzene rings is 1. The minimum atomic E-state index is -4.58. The van der Waals surface area contributed by atoms with Gasteiger partial charge in [0.2, 0.25) is 0 Å². The lowest BCUT2D eigenvalue weighted by atomic mass is 9.92. The molecular weight excluding hydrogens is 357 g/mol. The van der Waals surface area contributed by atoms with E-state index in [1.807, 2.05) is 0 Å². The molecule has 144 valence electrons. The van der Waals surface area contributed by atoms with Gasteiger partial charge in [-0.2, -0.15) is 13.2 Å². The summed E-state index contributed by atoms with van der Waals surface area (Å²) in [6.45, 7) is 4.05. The first-order valence-corrected chi connectivity index (χ1v) is 9.08. The van der Waals surface area contributed by atoms with Crippen LogP contribution in [-0.4, -0.2) is 40.5 Å². The highest BCUT2D eigenvalue weighted by Crippen LogP contribution is 2.41. The van der Waals surface area contributed by atoms with Gasteiger partial charge in [-0.15, -0.1) is 10.2 Å². The molecule has 3 heterocycles. The van der Waals surface area contributed by atoms with Crippen molar-refractivity contribution in [3.63, 3.8) is 0 Å². The van der Waals surface area contributed by atoms with Crippen molar-refractivity contribution in [2.75, 3.05) is 18.0 Å². The summed E-state index contributed by atoms with van der Waals surface area (Å²) in [7, 11) is 0. The molecule has 2 aliphatic rings. The number of aromatic nitrogens is 2. The number of aromatic hydroxyl groups is 1. The lowest BCUT2D eigenvalue weighted by Crippen LogP contribution is -2.50. The number of nitrogens with one attached hydrogen (secondary N) is 1. The largest absolute Gasteiger partial charge is 0.507 e. The molecule has 0 amide bonds. The van der Waals surface area contributed by atoms with E-state index in [9.17, 15) is 18.3 Å². The smallest absolute Gasteiger partial charge is 0.417 e. The fourth-order valence-electron chi connectivity index (χ4n) is 4.17. The van der Waals surface area contributed by atoms with Crippen molar-refractivity contribution < 1.29 is 18.3 Å². The number of phenols is 1. The Morgan fingerprint density at radius 1 is 1.19 bits per heavy atom. The second kappa shape index (κ2) is 6.67. The van der Waals surface area contributed by atoms with Gasteiger partial charge in [0.1, 0.15) is 5.75 Å². The van der Waals surface area contributed by atoms with E-state index in [2.05, 4.69) is 27.3 Å². The van der Waals surface area contributed by atoms with Crippen LogP contribution in [0.25, 0.3) is 11.3 Å². The van der Waals surface area contributed by atoms with Crippen molar-refractivity contribution in [3.05, 3.63) is 35.9 Å². The van der Waals surface area contributed by atoms with Crippen molar-refractivity contribution in [3.8, 4) is 17.0 Å². The zero-order valence-corrected chi connectivity index (χ0v) is 14.9. The summed E-state index contributed by atoms with van der Waals surface area (Å²) in [6.07, 6.45) is -2.52. The van der Waals surface area contributed by atoms with Crippen LogP contribution in [0.2, 0.25) is 0 Å². The van der Waals surface area contributed by atoms with Crippen LogP contribution in [0.3, 0.4) is 0 Å². The van der Waals surface area contributed by atoms with Gasteiger partial charge in [0.15, 0.2) is 5.82 Å². The Kier molecular flexibility index (Phi) is 4.46. The van der Waals surface area contributed by atoms with Crippen LogP contribution in [0.1, 0.15) is 25.3 Å². The zero-order chi connectivity index (χ0) is 19.2. The Bertz CT molecular complexity index is 825. The summed E-state index contributed by atoms with van der Waals surface area (Å²) in [5.74, 6) is 0.763. The molecule has 0 bridgehead atoms. The van der Waals surface area contributed by atoms with Gasteiger partial charge in [-0.3, -0.25) is 0 Å². The lowest BCUT2D eigenvalue weighted by Gasteiger charge is -2.36. The number of fused-ring (bicyclic) bond motifs is 1. The lowest BCUT2D eigenvalue weighted by molar-refractivity contribution is -0.137. The van der Waals surface area contributed by atoms with Gasteiger partial charge >= 0.3 is 6.18 Å². The molecule has 0 spiro atoms. The van der Waals surface area contributed by atoms with Crippen LogP contribution < -0.4 is 10.2 Å². The fourth-order valence-corrected chi connectivity index (χ4v) is 4.17. The maximum Gasteiger partial charge on any atom is 0.417 e. The molecule has 27 heavy (non-hydrogen) atoms.